The van der Waals surface area contributed by atoms with E-state index in [9.17, 15) is 18.0 Å². The average Bonchev–Trinajstić information content (AvgIpc) is 3.55. The third kappa shape index (κ3) is 7.93. The molecule has 4 aromatic rings. The van der Waals surface area contributed by atoms with Crippen molar-refractivity contribution < 1.29 is 31.2 Å². The third-order valence-corrected chi connectivity index (χ3v) is 15.4. The van der Waals surface area contributed by atoms with Gasteiger partial charge in [0.15, 0.2) is 8.32 Å². The maximum Gasteiger partial charge on any atom is 0.416 e. The number of aromatic nitrogens is 2. The summed E-state index contributed by atoms with van der Waals surface area (Å²) in [6.07, 6.45) is -3.11. The highest BCUT2D eigenvalue weighted by Crippen LogP contribution is 2.46. The van der Waals surface area contributed by atoms with Crippen LogP contribution < -0.4 is 10.6 Å². The fraction of sp³-hybridized carbons (Fsp3) is 0.450. The van der Waals surface area contributed by atoms with Gasteiger partial charge in [-0.3, -0.25) is 4.90 Å². The zero-order valence-corrected chi connectivity index (χ0v) is 33.2. The number of benzene rings is 3. The number of urea groups is 1. The number of amides is 2. The normalized spacial score (nSPS) is 14.8. The number of aryl methyl sites for hydroxylation is 3. The lowest BCUT2D eigenvalue weighted by Crippen LogP contribution is -2.44. The molecule has 286 valence electrons. The molecule has 0 radical (unpaired) electrons. The molecule has 1 aromatic heterocycles. The summed E-state index contributed by atoms with van der Waals surface area (Å²) in [5.74, 6) is -1.60. The second-order valence-corrected chi connectivity index (χ2v) is 20.6. The second-order valence-electron chi connectivity index (χ2n) is 15.8. The molecular weight excluding hydrogens is 706 g/mol. The first kappa shape index (κ1) is 40.1. The van der Waals surface area contributed by atoms with Gasteiger partial charge in [0.25, 0.3) is 0 Å². The van der Waals surface area contributed by atoms with Crippen LogP contribution >= 0.6 is 0 Å². The standard InChI is InChI=1S/C40H50F5N5O2Si/c1-11-25-14-13-15-26(12-2)34(25)50-35(29-19-32(42)33(20-31(29)41)47-37(51)46-23-52-53(9,10)38(4,5)6)30-22-49(39(7,8)36(30)48-50)21-27-16-17-28(18-24(27)3)40(43,44)45/h13-20H,11-12,21-23H2,1-10H3,(H2,46,47,51). The summed E-state index contributed by atoms with van der Waals surface area (Å²) in [5.41, 5.74) is 3.92. The van der Waals surface area contributed by atoms with E-state index in [2.05, 4.69) is 36.3 Å². The SMILES string of the molecule is CCc1cccc(CC)c1-n1nc2c(c1-c1cc(F)c(NC(=O)NCO[Si](C)(C)C(C)(C)C)cc1F)CN(Cc1ccc(C(F)(F)F)cc1C)C2(C)C. The number of hydrogen-bond acceptors (Lipinski definition) is 4. The number of fused-ring (bicyclic) bond motifs is 1. The van der Waals surface area contributed by atoms with Crippen LogP contribution in [0.2, 0.25) is 18.1 Å². The van der Waals surface area contributed by atoms with Crippen LogP contribution in [-0.4, -0.2) is 35.8 Å². The van der Waals surface area contributed by atoms with Crippen molar-refractivity contribution in [3.8, 4) is 16.9 Å². The first-order valence-corrected chi connectivity index (χ1v) is 20.8. The molecule has 0 aliphatic carbocycles. The van der Waals surface area contributed by atoms with Gasteiger partial charge in [-0.15, -0.1) is 0 Å². The predicted octanol–water partition coefficient (Wildman–Crippen LogP) is 10.6. The summed E-state index contributed by atoms with van der Waals surface area (Å²) in [4.78, 5) is 14.8. The molecule has 3 aromatic carbocycles. The Labute approximate surface area is 310 Å². The summed E-state index contributed by atoms with van der Waals surface area (Å²) in [7, 11) is -2.16. The molecule has 0 bridgehead atoms. The molecule has 2 amide bonds. The summed E-state index contributed by atoms with van der Waals surface area (Å²) >= 11 is 0. The maximum atomic E-state index is 16.4. The van der Waals surface area contributed by atoms with Gasteiger partial charge in [0, 0.05) is 30.3 Å². The van der Waals surface area contributed by atoms with Gasteiger partial charge in [0.1, 0.15) is 18.4 Å². The van der Waals surface area contributed by atoms with Crippen LogP contribution in [0.15, 0.2) is 48.5 Å². The number of carbonyl (C=O) groups is 1. The van der Waals surface area contributed by atoms with E-state index in [-0.39, 0.29) is 29.6 Å². The molecule has 0 atom stereocenters. The summed E-state index contributed by atoms with van der Waals surface area (Å²) in [6.45, 7) is 20.5. The van der Waals surface area contributed by atoms with Crippen LogP contribution in [0.1, 0.15) is 87.5 Å². The molecule has 0 saturated carbocycles. The quantitative estimate of drug-likeness (QED) is 0.0961. The number of hydrogen-bond donors (Lipinski definition) is 2. The van der Waals surface area contributed by atoms with Crippen molar-refractivity contribution >= 4 is 20.0 Å². The van der Waals surface area contributed by atoms with Gasteiger partial charge in [0.2, 0.25) is 0 Å². The van der Waals surface area contributed by atoms with Crippen molar-refractivity contribution in [1.29, 1.82) is 0 Å². The number of anilines is 1. The van der Waals surface area contributed by atoms with Gasteiger partial charge in [0.05, 0.1) is 33.9 Å². The molecule has 5 rings (SSSR count). The van der Waals surface area contributed by atoms with Crippen LogP contribution in [0.5, 0.6) is 0 Å². The smallest absolute Gasteiger partial charge is 0.400 e. The molecule has 0 unspecified atom stereocenters. The van der Waals surface area contributed by atoms with Crippen molar-refractivity contribution in [2.24, 2.45) is 0 Å². The molecule has 0 saturated heterocycles. The summed E-state index contributed by atoms with van der Waals surface area (Å²) in [5, 5.41) is 10.1. The molecule has 0 fully saturated rings. The van der Waals surface area contributed by atoms with Crippen molar-refractivity contribution in [3.63, 3.8) is 0 Å². The predicted molar refractivity (Wildman–Crippen MR) is 201 cm³/mol. The third-order valence-electron chi connectivity index (χ3n) is 10.9. The molecule has 2 N–H and O–H groups in total. The van der Waals surface area contributed by atoms with Crippen molar-refractivity contribution in [2.45, 2.75) is 111 Å². The Balaban J connectivity index is 1.55. The largest absolute Gasteiger partial charge is 0.416 e. The van der Waals surface area contributed by atoms with E-state index in [1.807, 2.05) is 59.0 Å². The highest BCUT2D eigenvalue weighted by Gasteiger charge is 2.44. The Morgan fingerprint density at radius 1 is 0.962 bits per heavy atom. The van der Waals surface area contributed by atoms with E-state index < -0.39 is 43.3 Å². The average molecular weight is 756 g/mol. The lowest BCUT2D eigenvalue weighted by Gasteiger charge is -2.36. The number of para-hydroxylation sites is 1. The highest BCUT2D eigenvalue weighted by atomic mass is 28.4. The molecule has 1 aliphatic rings. The molecule has 1 aliphatic heterocycles. The number of alkyl halides is 3. The molecule has 0 spiro atoms. The van der Waals surface area contributed by atoms with Gasteiger partial charge in [-0.2, -0.15) is 18.3 Å². The van der Waals surface area contributed by atoms with E-state index in [1.54, 1.807) is 11.6 Å². The fourth-order valence-electron chi connectivity index (χ4n) is 6.55. The highest BCUT2D eigenvalue weighted by molar-refractivity contribution is 6.74. The number of carbonyl (C=O) groups excluding carboxylic acids is 1. The monoisotopic (exact) mass is 755 g/mol. The van der Waals surface area contributed by atoms with E-state index in [4.69, 9.17) is 9.52 Å². The van der Waals surface area contributed by atoms with Crippen molar-refractivity contribution in [3.05, 3.63) is 99.2 Å². The summed E-state index contributed by atoms with van der Waals surface area (Å²) in [6, 6.07) is 11.0. The summed E-state index contributed by atoms with van der Waals surface area (Å²) < 4.78 is 80.4. The van der Waals surface area contributed by atoms with Crippen molar-refractivity contribution in [1.82, 2.24) is 20.0 Å². The molecule has 53 heavy (non-hydrogen) atoms. The maximum absolute atomic E-state index is 16.4. The lowest BCUT2D eigenvalue weighted by atomic mass is 9.97. The molecule has 2 heterocycles. The number of nitrogens with zero attached hydrogens (tertiary/aromatic N) is 3. The lowest BCUT2D eigenvalue weighted by molar-refractivity contribution is -0.137. The van der Waals surface area contributed by atoms with Crippen LogP contribution in [0.3, 0.4) is 0 Å². The van der Waals surface area contributed by atoms with Gasteiger partial charge in [-0.05, 0) is 92.2 Å². The minimum Gasteiger partial charge on any atom is -0.400 e. The van der Waals surface area contributed by atoms with Crippen LogP contribution in [0, 0.1) is 18.6 Å². The molecule has 13 heteroatoms. The minimum absolute atomic E-state index is 0.0280. The van der Waals surface area contributed by atoms with E-state index >= 15 is 8.78 Å². The number of rotatable bonds is 10. The van der Waals surface area contributed by atoms with Crippen molar-refractivity contribution in [2.75, 3.05) is 12.0 Å². The van der Waals surface area contributed by atoms with Crippen LogP contribution in [-0.2, 0) is 42.1 Å². The zero-order valence-electron chi connectivity index (χ0n) is 32.2. The van der Waals surface area contributed by atoms with Crippen LogP contribution in [0.25, 0.3) is 16.9 Å². The van der Waals surface area contributed by atoms with Gasteiger partial charge in [-0.1, -0.05) is 58.9 Å². The number of nitrogens with one attached hydrogen (secondary N) is 2. The first-order chi connectivity index (χ1) is 24.6. The first-order valence-electron chi connectivity index (χ1n) is 17.9. The van der Waals surface area contributed by atoms with Crippen LogP contribution in [0.4, 0.5) is 32.4 Å². The molecular formula is C40H50F5N5O2Si. The van der Waals surface area contributed by atoms with E-state index in [1.165, 1.54) is 6.07 Å². The Hall–Kier alpha value is -4.07. The fourth-order valence-corrected chi connectivity index (χ4v) is 7.42. The second kappa shape index (κ2) is 14.6. The topological polar surface area (TPSA) is 71.4 Å². The zero-order chi connectivity index (χ0) is 39.3. The van der Waals surface area contributed by atoms with Gasteiger partial charge >= 0.3 is 12.2 Å². The Morgan fingerprint density at radius 3 is 2.17 bits per heavy atom. The Bertz CT molecular complexity index is 1990. The molecule has 7 nitrogen and oxygen atoms in total. The Morgan fingerprint density at radius 2 is 1.60 bits per heavy atom. The minimum atomic E-state index is -4.45. The van der Waals surface area contributed by atoms with Gasteiger partial charge < -0.3 is 15.1 Å². The van der Waals surface area contributed by atoms with E-state index in [0.29, 0.717) is 41.9 Å². The van der Waals surface area contributed by atoms with E-state index in [0.717, 1.165) is 46.6 Å². The number of halogens is 5. The van der Waals surface area contributed by atoms with Gasteiger partial charge in [-0.25, -0.2) is 18.3 Å². The Kier molecular flexibility index (Phi) is 11.1.